The van der Waals surface area contributed by atoms with Crippen molar-refractivity contribution in [3.8, 4) is 0 Å². The number of aliphatic hydroxyl groups excluding tert-OH is 2. The van der Waals surface area contributed by atoms with Crippen LogP contribution in [0.5, 0.6) is 0 Å². The zero-order chi connectivity index (χ0) is 44.0. The molecule has 346 valence electrons. The molecule has 0 aromatic heterocycles. The Morgan fingerprint density at radius 3 is 2.39 bits per heavy atom. The molecule has 0 aromatic rings. The van der Waals surface area contributed by atoms with Gasteiger partial charge in [0.05, 0.1) is 36.4 Å². The van der Waals surface area contributed by atoms with Crippen LogP contribution < -0.4 is 0 Å². The molecule has 62 heavy (non-hydrogen) atoms. The molecular weight excluding hydrogens is 805 g/mol. The van der Waals surface area contributed by atoms with Gasteiger partial charge in [-0.2, -0.15) is 0 Å². The number of carbonyl (C=O) groups excluding carboxylic acids is 3. The van der Waals surface area contributed by atoms with Crippen molar-refractivity contribution in [2.45, 2.75) is 227 Å². The van der Waals surface area contributed by atoms with E-state index in [9.17, 15) is 29.7 Å². The Labute approximate surface area is 364 Å². The Balaban J connectivity index is 1.01. The number of ketones is 1. The first-order chi connectivity index (χ1) is 29.3. The van der Waals surface area contributed by atoms with Crippen LogP contribution in [-0.4, -0.2) is 135 Å². The van der Waals surface area contributed by atoms with E-state index in [1.807, 2.05) is 26.0 Å². The average molecular weight is 873 g/mol. The summed E-state index contributed by atoms with van der Waals surface area (Å²) >= 11 is 0. The zero-order valence-corrected chi connectivity index (χ0v) is 37.2. The molecule has 0 amide bonds. The largest absolute Gasteiger partial charge is 0.459 e. The second-order valence-corrected chi connectivity index (χ2v) is 21.0. The minimum atomic E-state index is -1.97. The predicted molar refractivity (Wildman–Crippen MR) is 218 cm³/mol. The molecule has 19 atom stereocenters. The minimum absolute atomic E-state index is 0.0637. The number of hydrogen-bond donors (Lipinski definition) is 3. The van der Waals surface area contributed by atoms with Gasteiger partial charge in [0.15, 0.2) is 23.6 Å². The monoisotopic (exact) mass is 872 g/mol. The van der Waals surface area contributed by atoms with Crippen LogP contribution in [0, 0.1) is 17.8 Å². The van der Waals surface area contributed by atoms with Crippen molar-refractivity contribution in [1.82, 2.24) is 0 Å². The molecule has 0 saturated carbocycles. The van der Waals surface area contributed by atoms with E-state index < -0.39 is 107 Å². The first-order valence-electron chi connectivity index (χ1n) is 23.3. The summed E-state index contributed by atoms with van der Waals surface area (Å²) < 4.78 is 58.5. The molecule has 2 spiro atoms. The number of Topliss-reactive ketones (excluding diaryl/α,β-unsaturated/α-hetero) is 1. The fourth-order valence-electron chi connectivity index (χ4n) is 12.4. The lowest BCUT2D eigenvalue weighted by Gasteiger charge is -2.46. The summed E-state index contributed by atoms with van der Waals surface area (Å²) in [7, 11) is 0. The van der Waals surface area contributed by atoms with Gasteiger partial charge in [-0.3, -0.25) is 9.59 Å². The molecule has 1 unspecified atom stereocenters. The van der Waals surface area contributed by atoms with Crippen molar-refractivity contribution < 1.29 is 72.3 Å². The molecule has 15 heteroatoms. The number of hydrogen-bond acceptors (Lipinski definition) is 15. The van der Waals surface area contributed by atoms with E-state index in [0.29, 0.717) is 57.8 Å². The van der Waals surface area contributed by atoms with Gasteiger partial charge in [-0.05, 0) is 90.9 Å². The number of rotatable bonds is 2. The van der Waals surface area contributed by atoms with E-state index in [-0.39, 0.29) is 43.5 Å². The van der Waals surface area contributed by atoms with Crippen LogP contribution in [0.4, 0.5) is 0 Å². The molecule has 0 aromatic carbocycles. The quantitative estimate of drug-likeness (QED) is 0.260. The van der Waals surface area contributed by atoms with E-state index >= 15 is 0 Å². The second-order valence-electron chi connectivity index (χ2n) is 21.0. The molecule has 8 saturated heterocycles. The average Bonchev–Trinajstić information content (AvgIpc) is 4.06. The lowest BCUT2D eigenvalue weighted by Crippen LogP contribution is -2.59. The third-order valence-electron chi connectivity index (χ3n) is 15.9. The first-order valence-corrected chi connectivity index (χ1v) is 23.3. The van der Waals surface area contributed by atoms with E-state index in [0.717, 1.165) is 24.7 Å². The van der Waals surface area contributed by atoms with Crippen molar-refractivity contribution in [3.63, 3.8) is 0 Å². The Kier molecular flexibility index (Phi) is 11.9. The third kappa shape index (κ3) is 8.00. The van der Waals surface area contributed by atoms with Crippen molar-refractivity contribution in [1.29, 1.82) is 0 Å². The normalized spacial score (nSPS) is 53.6. The fourth-order valence-corrected chi connectivity index (χ4v) is 12.4. The molecule has 15 nitrogen and oxygen atoms in total. The highest BCUT2D eigenvalue weighted by Crippen LogP contribution is 2.55. The third-order valence-corrected chi connectivity index (χ3v) is 15.9. The van der Waals surface area contributed by atoms with Gasteiger partial charge in [-0.1, -0.05) is 37.6 Å². The molecule has 3 N–H and O–H groups in total. The van der Waals surface area contributed by atoms with Crippen LogP contribution in [0.2, 0.25) is 0 Å². The summed E-state index contributed by atoms with van der Waals surface area (Å²) in [4.78, 5) is 40.7. The fraction of sp³-hybridized carbons (Fsp3) is 0.851. The molecular formula is C47H68O15. The molecule has 0 aliphatic carbocycles. The summed E-state index contributed by atoms with van der Waals surface area (Å²) in [5.74, 6) is -5.79. The van der Waals surface area contributed by atoms with E-state index in [4.69, 9.17) is 42.6 Å². The van der Waals surface area contributed by atoms with Gasteiger partial charge in [0.1, 0.15) is 53.9 Å². The molecule has 8 fully saturated rings. The highest BCUT2D eigenvalue weighted by atomic mass is 16.8. The van der Waals surface area contributed by atoms with Crippen molar-refractivity contribution in [2.75, 3.05) is 6.61 Å². The number of carbonyl (C=O) groups is 3. The van der Waals surface area contributed by atoms with Crippen LogP contribution in [0.1, 0.15) is 131 Å². The summed E-state index contributed by atoms with van der Waals surface area (Å²) in [6, 6.07) is 0. The lowest BCUT2D eigenvalue weighted by molar-refractivity contribution is -0.354. The molecule has 9 aliphatic heterocycles. The van der Waals surface area contributed by atoms with E-state index in [1.54, 1.807) is 13.8 Å². The molecule has 9 aliphatic rings. The van der Waals surface area contributed by atoms with Gasteiger partial charge in [-0.25, -0.2) is 0 Å². The molecule has 10 bridgehead atoms. The van der Waals surface area contributed by atoms with Gasteiger partial charge in [0.2, 0.25) is 5.79 Å². The maximum Gasteiger partial charge on any atom is 0.311 e. The Bertz CT molecular complexity index is 1800. The van der Waals surface area contributed by atoms with Gasteiger partial charge in [0.25, 0.3) is 0 Å². The summed E-state index contributed by atoms with van der Waals surface area (Å²) in [6.45, 7) is 11.8. The summed E-state index contributed by atoms with van der Waals surface area (Å²) in [5, 5.41) is 34.8. The Morgan fingerprint density at radius 1 is 0.806 bits per heavy atom. The SMILES string of the molecule is CC1=C[C@@H](C)C[C@]2(C)CC[C@H](O2)[C@]23CC[C@](C=O)(C[C@H](O2)[C@@H]2O[C@@](C)(CC2=O)[C@H](O)[C@H]2CCC4(CCC[C@@H](O4)[C@H](C)C(=O)O[C@H]4C[C@H]([C@]5(O)OCC[C@H](C)[C@@H]5O)O[C@H]4C=C1)O2)O3. The second kappa shape index (κ2) is 16.3. The van der Waals surface area contributed by atoms with E-state index in [1.165, 1.54) is 0 Å². The lowest BCUT2D eigenvalue weighted by atomic mass is 9.87. The first kappa shape index (κ1) is 45.0. The van der Waals surface area contributed by atoms with Crippen molar-refractivity contribution in [3.05, 3.63) is 23.8 Å². The number of allylic oxidation sites excluding steroid dienone is 3. The standard InChI is InChI=1S/C47H68O15/c1-26-9-10-32-34(21-37(55-32)47(53)39(50)28(3)13-19-54-47)56-41(52)29(4)31-8-7-14-45(57-31)16-11-33(58-45)40(51)43(6)23-30(49)38(61-43)35-24-44(25-48)17-18-46(59-35,62-44)36-12-15-42(5,60-36)22-27(2)20-26/h9-10,20,25,27-29,31-40,50-51,53H,7-8,11-19,21-24H2,1-6H3/t27-,28+,29+,31-,32+,33-,34+,35+,36+,37-,38-,39+,40-,42+,43+,44-,45?,46-,47+/m1/s1. The smallest absolute Gasteiger partial charge is 0.311 e. The highest BCUT2D eigenvalue weighted by molar-refractivity contribution is 5.87. The number of aldehydes is 1. The number of esters is 1. The minimum Gasteiger partial charge on any atom is -0.459 e. The zero-order valence-electron chi connectivity index (χ0n) is 37.2. The predicted octanol–water partition coefficient (Wildman–Crippen LogP) is 4.43. The van der Waals surface area contributed by atoms with Crippen molar-refractivity contribution in [2.24, 2.45) is 17.8 Å². The highest BCUT2D eigenvalue weighted by Gasteiger charge is 2.66. The van der Waals surface area contributed by atoms with Gasteiger partial charge < -0.3 is 62.7 Å². The van der Waals surface area contributed by atoms with Crippen LogP contribution in [0.3, 0.4) is 0 Å². The maximum absolute atomic E-state index is 14.1. The van der Waals surface area contributed by atoms with Crippen molar-refractivity contribution >= 4 is 18.0 Å². The van der Waals surface area contributed by atoms with Gasteiger partial charge in [0, 0.05) is 38.5 Å². The maximum atomic E-state index is 14.1. The number of fused-ring (bicyclic) bond motifs is 10. The molecule has 9 rings (SSSR count). The summed E-state index contributed by atoms with van der Waals surface area (Å²) in [6.07, 6.45) is 4.86. The number of ether oxygens (including phenoxy) is 9. The molecule has 9 heterocycles. The van der Waals surface area contributed by atoms with Crippen LogP contribution in [0.15, 0.2) is 23.8 Å². The van der Waals surface area contributed by atoms with E-state index in [2.05, 4.69) is 19.9 Å². The van der Waals surface area contributed by atoms with Gasteiger partial charge >= 0.3 is 5.97 Å². The Hall–Kier alpha value is -2.15. The van der Waals surface area contributed by atoms with Crippen LogP contribution >= 0.6 is 0 Å². The number of aliphatic hydroxyl groups is 3. The van der Waals surface area contributed by atoms with Crippen LogP contribution in [-0.2, 0) is 57.0 Å². The Morgan fingerprint density at radius 2 is 1.60 bits per heavy atom. The summed E-state index contributed by atoms with van der Waals surface area (Å²) in [5.41, 5.74) is -2.03. The molecule has 0 radical (unpaired) electrons. The van der Waals surface area contributed by atoms with Crippen LogP contribution in [0.25, 0.3) is 0 Å². The van der Waals surface area contributed by atoms with Gasteiger partial charge in [-0.15, -0.1) is 0 Å². The topological polar surface area (TPSA) is 195 Å².